The lowest BCUT2D eigenvalue weighted by atomic mass is 10.2. The van der Waals surface area contributed by atoms with Gasteiger partial charge >= 0.3 is 0 Å². The summed E-state index contributed by atoms with van der Waals surface area (Å²) in [5.74, 6) is 0. The molecule has 0 amide bonds. The molecule has 0 aliphatic rings. The minimum atomic E-state index is 0.256. The molecule has 0 saturated carbocycles. The van der Waals surface area contributed by atoms with Gasteiger partial charge in [-0.3, -0.25) is 0 Å². The summed E-state index contributed by atoms with van der Waals surface area (Å²) in [6, 6.07) is 16.6. The molecule has 0 aliphatic heterocycles. The van der Waals surface area contributed by atoms with Crippen LogP contribution in [0, 0.1) is 0 Å². The molecule has 0 aliphatic carbocycles. The van der Waals surface area contributed by atoms with Gasteiger partial charge in [0.15, 0.2) is 0 Å². The van der Waals surface area contributed by atoms with Crippen LogP contribution in [0.4, 0.5) is 0 Å². The monoisotopic (exact) mass is 422 g/mol. The first-order valence-corrected chi connectivity index (χ1v) is 9.54. The maximum absolute atomic E-state index is 6.11. The molecule has 3 aromatic rings. The van der Waals surface area contributed by atoms with Crippen LogP contribution in [0.15, 0.2) is 75.9 Å². The molecular formula is C19H13Cl3N2OS. The zero-order valence-corrected chi connectivity index (χ0v) is 16.5. The Labute approximate surface area is 170 Å². The Kier molecular flexibility index (Phi) is 6.80. The number of oxime groups is 1. The summed E-state index contributed by atoms with van der Waals surface area (Å²) in [6.45, 7) is 0.256. The molecule has 3 rings (SSSR count). The van der Waals surface area contributed by atoms with Crippen molar-refractivity contribution in [3.05, 3.63) is 87.0 Å². The summed E-state index contributed by atoms with van der Waals surface area (Å²) in [5, 5.41) is 6.69. The second-order valence-corrected chi connectivity index (χ2v) is 7.54. The highest BCUT2D eigenvalue weighted by molar-refractivity contribution is 7.99. The summed E-state index contributed by atoms with van der Waals surface area (Å²) in [4.78, 5) is 10.8. The molecule has 1 aromatic heterocycles. The topological polar surface area (TPSA) is 34.5 Å². The van der Waals surface area contributed by atoms with E-state index in [1.54, 1.807) is 24.5 Å². The van der Waals surface area contributed by atoms with Crippen molar-refractivity contribution in [3.8, 4) is 0 Å². The molecule has 0 unspecified atom stereocenters. The average molecular weight is 424 g/mol. The van der Waals surface area contributed by atoms with Gasteiger partial charge in [-0.1, -0.05) is 57.8 Å². The highest BCUT2D eigenvalue weighted by Gasteiger charge is 2.05. The van der Waals surface area contributed by atoms with Crippen molar-refractivity contribution in [1.29, 1.82) is 0 Å². The van der Waals surface area contributed by atoms with Crippen molar-refractivity contribution in [2.24, 2.45) is 5.16 Å². The Balaban J connectivity index is 1.65. The van der Waals surface area contributed by atoms with Gasteiger partial charge in [0.1, 0.15) is 11.6 Å². The van der Waals surface area contributed by atoms with Crippen molar-refractivity contribution in [3.63, 3.8) is 0 Å². The molecule has 0 fully saturated rings. The van der Waals surface area contributed by atoms with E-state index in [4.69, 9.17) is 39.6 Å². The van der Waals surface area contributed by atoms with E-state index in [2.05, 4.69) is 10.1 Å². The van der Waals surface area contributed by atoms with Gasteiger partial charge in [0.05, 0.1) is 6.21 Å². The lowest BCUT2D eigenvalue weighted by Gasteiger charge is -2.05. The first kappa shape index (κ1) is 19.1. The molecule has 0 saturated heterocycles. The second kappa shape index (κ2) is 9.28. The molecule has 1 heterocycles. The Bertz CT molecular complexity index is 917. The average Bonchev–Trinajstić information content (AvgIpc) is 2.63. The lowest BCUT2D eigenvalue weighted by Crippen LogP contribution is -1.92. The van der Waals surface area contributed by atoms with Gasteiger partial charge < -0.3 is 4.84 Å². The first-order chi connectivity index (χ1) is 12.6. The van der Waals surface area contributed by atoms with Gasteiger partial charge in [0, 0.05) is 37.3 Å². The fourth-order valence-electron chi connectivity index (χ4n) is 2.04. The van der Waals surface area contributed by atoms with Crippen LogP contribution in [0.3, 0.4) is 0 Å². The molecule has 0 N–H and O–H groups in total. The van der Waals surface area contributed by atoms with E-state index in [1.165, 1.54) is 11.8 Å². The van der Waals surface area contributed by atoms with Crippen LogP contribution in [0.5, 0.6) is 0 Å². The second-order valence-electron chi connectivity index (χ2n) is 5.20. The van der Waals surface area contributed by atoms with Crippen LogP contribution in [-0.4, -0.2) is 11.2 Å². The van der Waals surface area contributed by atoms with Crippen molar-refractivity contribution in [2.45, 2.75) is 16.5 Å². The molecule has 0 bridgehead atoms. The third kappa shape index (κ3) is 5.39. The number of pyridine rings is 1. The molecule has 7 heteroatoms. The van der Waals surface area contributed by atoms with Crippen LogP contribution >= 0.6 is 46.6 Å². The van der Waals surface area contributed by atoms with Gasteiger partial charge in [0.2, 0.25) is 0 Å². The molecule has 0 radical (unpaired) electrons. The summed E-state index contributed by atoms with van der Waals surface area (Å²) < 4.78 is 0. The maximum atomic E-state index is 6.11. The zero-order chi connectivity index (χ0) is 18.4. The van der Waals surface area contributed by atoms with E-state index in [0.29, 0.717) is 15.1 Å². The van der Waals surface area contributed by atoms with E-state index in [1.807, 2.05) is 42.5 Å². The van der Waals surface area contributed by atoms with Crippen molar-refractivity contribution >= 4 is 52.8 Å². The van der Waals surface area contributed by atoms with Crippen LogP contribution in [0.1, 0.15) is 11.1 Å². The predicted octanol–water partition coefficient (Wildman–Crippen LogP) is 6.74. The van der Waals surface area contributed by atoms with Gasteiger partial charge in [-0.25, -0.2) is 4.98 Å². The van der Waals surface area contributed by atoms with Crippen molar-refractivity contribution in [2.75, 3.05) is 0 Å². The van der Waals surface area contributed by atoms with Crippen molar-refractivity contribution < 1.29 is 4.84 Å². The standard InChI is InChI=1S/C19H13Cl3N2OS/c20-15-5-7-17(8-6-15)26-19-13(2-1-9-23-19)11-24-25-12-14-3-4-16(21)10-18(14)22/h1-11H,12H2. The van der Waals surface area contributed by atoms with Crippen LogP contribution in [-0.2, 0) is 11.4 Å². The first-order valence-electron chi connectivity index (χ1n) is 7.59. The Hall–Kier alpha value is -1.72. The Morgan fingerprint density at radius 3 is 2.54 bits per heavy atom. The highest BCUT2D eigenvalue weighted by atomic mass is 35.5. The summed E-state index contributed by atoms with van der Waals surface area (Å²) in [7, 11) is 0. The number of nitrogens with zero attached hydrogens (tertiary/aromatic N) is 2. The molecular weight excluding hydrogens is 411 g/mol. The van der Waals surface area contributed by atoms with E-state index < -0.39 is 0 Å². The Morgan fingerprint density at radius 2 is 1.77 bits per heavy atom. The highest BCUT2D eigenvalue weighted by Crippen LogP contribution is 2.29. The normalized spacial score (nSPS) is 11.0. The fourth-order valence-corrected chi connectivity index (χ4v) is 3.48. The maximum Gasteiger partial charge on any atom is 0.143 e. The third-order valence-electron chi connectivity index (χ3n) is 3.33. The number of hydrogen-bond acceptors (Lipinski definition) is 4. The van der Waals surface area contributed by atoms with Gasteiger partial charge in [-0.2, -0.15) is 0 Å². The molecule has 26 heavy (non-hydrogen) atoms. The SMILES string of the molecule is Clc1ccc(Sc2ncccc2C=NOCc2ccc(Cl)cc2Cl)cc1. The fraction of sp³-hybridized carbons (Fsp3) is 0.0526. The van der Waals surface area contributed by atoms with Crippen LogP contribution in [0.2, 0.25) is 15.1 Å². The quantitative estimate of drug-likeness (QED) is 0.325. The number of aromatic nitrogens is 1. The van der Waals surface area contributed by atoms with Crippen LogP contribution < -0.4 is 0 Å². The van der Waals surface area contributed by atoms with Gasteiger partial charge in [-0.15, -0.1) is 0 Å². The number of rotatable bonds is 6. The molecule has 2 aromatic carbocycles. The molecule has 0 atom stereocenters. The molecule has 0 spiro atoms. The Morgan fingerprint density at radius 1 is 1.00 bits per heavy atom. The zero-order valence-electron chi connectivity index (χ0n) is 13.4. The minimum Gasteiger partial charge on any atom is -0.391 e. The smallest absolute Gasteiger partial charge is 0.143 e. The van der Waals surface area contributed by atoms with E-state index in [0.717, 1.165) is 21.0 Å². The van der Waals surface area contributed by atoms with Crippen molar-refractivity contribution in [1.82, 2.24) is 4.98 Å². The summed E-state index contributed by atoms with van der Waals surface area (Å²) in [6.07, 6.45) is 3.37. The minimum absolute atomic E-state index is 0.256. The van der Waals surface area contributed by atoms with E-state index in [9.17, 15) is 0 Å². The number of benzene rings is 2. The summed E-state index contributed by atoms with van der Waals surface area (Å²) in [5.41, 5.74) is 1.67. The predicted molar refractivity (Wildman–Crippen MR) is 109 cm³/mol. The molecule has 3 nitrogen and oxygen atoms in total. The third-order valence-corrected chi connectivity index (χ3v) is 5.21. The number of halogens is 3. The largest absolute Gasteiger partial charge is 0.391 e. The molecule has 132 valence electrons. The van der Waals surface area contributed by atoms with Gasteiger partial charge in [-0.05, 0) is 48.5 Å². The van der Waals surface area contributed by atoms with E-state index >= 15 is 0 Å². The lowest BCUT2D eigenvalue weighted by molar-refractivity contribution is 0.132. The van der Waals surface area contributed by atoms with Crippen LogP contribution in [0.25, 0.3) is 0 Å². The summed E-state index contributed by atoms with van der Waals surface area (Å²) >= 11 is 19.4. The number of hydrogen-bond donors (Lipinski definition) is 0. The van der Waals surface area contributed by atoms with Gasteiger partial charge in [0.25, 0.3) is 0 Å². The van der Waals surface area contributed by atoms with E-state index in [-0.39, 0.29) is 6.61 Å².